The fourth-order valence-corrected chi connectivity index (χ4v) is 5.03. The number of likely N-dealkylation sites (tertiary alicyclic amines) is 1. The summed E-state index contributed by atoms with van der Waals surface area (Å²) in [6, 6.07) is 6.49. The average Bonchev–Trinajstić information content (AvgIpc) is 3.62. The van der Waals surface area contributed by atoms with E-state index in [1.807, 2.05) is 4.57 Å². The fraction of sp³-hybridized carbons (Fsp3) is 0.414. The van der Waals surface area contributed by atoms with E-state index in [0.717, 1.165) is 44.8 Å². The first-order chi connectivity index (χ1) is 19.4. The van der Waals surface area contributed by atoms with Gasteiger partial charge < -0.3 is 19.1 Å². The Morgan fingerprint density at radius 2 is 2.10 bits per heavy atom. The molecular weight excluding hydrogens is 515 g/mol. The highest BCUT2D eigenvalue weighted by molar-refractivity contribution is 5.92. The number of carboxylic acids is 1. The number of benzene rings is 1. The molecule has 2 aliphatic rings. The summed E-state index contributed by atoms with van der Waals surface area (Å²) in [6.45, 7) is 6.30. The Balaban J connectivity index is 1.27. The van der Waals surface area contributed by atoms with E-state index in [-0.39, 0.29) is 29.2 Å². The number of carbonyl (C=O) groups is 1. The number of aromatic carboxylic acids is 1. The van der Waals surface area contributed by atoms with Crippen molar-refractivity contribution < 1.29 is 23.8 Å². The topological polar surface area (TPSA) is 126 Å². The quantitative estimate of drug-likeness (QED) is 0.256. The molecule has 0 spiro atoms. The van der Waals surface area contributed by atoms with Crippen LogP contribution in [0, 0.1) is 22.6 Å². The number of hydrogen-bond acceptors (Lipinski definition) is 8. The second-order valence-electron chi connectivity index (χ2n) is 10.4. The minimum atomic E-state index is -1.19. The number of piperidine rings is 1. The zero-order chi connectivity index (χ0) is 28.1. The Bertz CT molecular complexity index is 1470. The maximum absolute atomic E-state index is 14.9. The largest absolute Gasteiger partial charge is 0.493 e. The van der Waals surface area contributed by atoms with Crippen LogP contribution in [-0.2, 0) is 24.4 Å². The highest BCUT2D eigenvalue weighted by atomic mass is 19.1. The summed E-state index contributed by atoms with van der Waals surface area (Å²) in [5, 5.41) is 18.8. The molecule has 0 unspecified atom stereocenters. The highest BCUT2D eigenvalue weighted by Crippen LogP contribution is 2.50. The van der Waals surface area contributed by atoms with Crippen molar-refractivity contribution in [3.05, 3.63) is 72.4 Å². The average molecular weight is 547 g/mol. The number of carboxylic acid groups (broad SMARTS) is 1. The summed E-state index contributed by atoms with van der Waals surface area (Å²) in [5.41, 5.74) is 0.332. The summed E-state index contributed by atoms with van der Waals surface area (Å²) in [5.74, 6) is -0.156. The molecule has 1 N–H and O–H groups in total. The first-order valence-electron chi connectivity index (χ1n) is 13.3. The fourth-order valence-electron chi connectivity index (χ4n) is 5.03. The molecule has 5 rings (SSSR count). The Hall–Kier alpha value is -4.30. The molecule has 208 valence electrons. The SMILES string of the molecule is C=C/C=C/OCc1nccc(OC2CCN(Cc3nc4c(F)cc(C(=O)O)cc4n3CC3(CC#N)CC3)CC2)n1. The van der Waals surface area contributed by atoms with Gasteiger partial charge in [-0.2, -0.15) is 10.2 Å². The lowest BCUT2D eigenvalue weighted by atomic mass is 10.0. The van der Waals surface area contributed by atoms with E-state index in [1.165, 1.54) is 12.3 Å². The van der Waals surface area contributed by atoms with Gasteiger partial charge in [-0.1, -0.05) is 12.7 Å². The number of ether oxygens (including phenoxy) is 2. The molecule has 11 heteroatoms. The van der Waals surface area contributed by atoms with E-state index >= 15 is 0 Å². The first kappa shape index (κ1) is 27.3. The molecular formula is C29H31FN6O4. The van der Waals surface area contributed by atoms with E-state index < -0.39 is 11.8 Å². The second-order valence-corrected chi connectivity index (χ2v) is 10.4. The highest BCUT2D eigenvalue weighted by Gasteiger charge is 2.43. The van der Waals surface area contributed by atoms with Crippen LogP contribution in [0.5, 0.6) is 5.88 Å². The van der Waals surface area contributed by atoms with Gasteiger partial charge in [-0.05, 0) is 43.9 Å². The smallest absolute Gasteiger partial charge is 0.335 e. The van der Waals surface area contributed by atoms with Gasteiger partial charge in [0.1, 0.15) is 24.1 Å². The number of aromatic nitrogens is 4. The molecule has 1 saturated heterocycles. The number of hydrogen-bond donors (Lipinski definition) is 1. The third-order valence-electron chi connectivity index (χ3n) is 7.43. The summed E-state index contributed by atoms with van der Waals surface area (Å²) < 4.78 is 28.3. The zero-order valence-corrected chi connectivity index (χ0v) is 22.1. The predicted molar refractivity (Wildman–Crippen MR) is 144 cm³/mol. The van der Waals surface area contributed by atoms with Crippen molar-refractivity contribution in [2.24, 2.45) is 5.41 Å². The number of imidazole rings is 1. The summed E-state index contributed by atoms with van der Waals surface area (Å²) in [4.78, 5) is 27.1. The van der Waals surface area contributed by atoms with Crippen molar-refractivity contribution in [2.75, 3.05) is 13.1 Å². The molecule has 1 aliphatic carbocycles. The molecule has 3 heterocycles. The lowest BCUT2D eigenvalue weighted by Gasteiger charge is -2.31. The number of nitrogens with zero attached hydrogens (tertiary/aromatic N) is 6. The number of nitriles is 1. The minimum Gasteiger partial charge on any atom is -0.493 e. The number of halogens is 1. The number of allylic oxidation sites excluding steroid dienone is 2. The van der Waals surface area contributed by atoms with Crippen LogP contribution < -0.4 is 4.74 Å². The summed E-state index contributed by atoms with van der Waals surface area (Å²) in [7, 11) is 0. The zero-order valence-electron chi connectivity index (χ0n) is 22.1. The molecule has 3 aromatic rings. The third-order valence-corrected chi connectivity index (χ3v) is 7.43. The Labute approximate surface area is 231 Å². The predicted octanol–water partition coefficient (Wildman–Crippen LogP) is 4.62. The molecule has 1 aliphatic heterocycles. The van der Waals surface area contributed by atoms with Gasteiger partial charge in [0.15, 0.2) is 11.6 Å². The monoisotopic (exact) mass is 546 g/mol. The Kier molecular flexibility index (Phi) is 8.07. The van der Waals surface area contributed by atoms with Crippen molar-refractivity contribution in [3.8, 4) is 11.9 Å². The molecule has 0 atom stereocenters. The van der Waals surface area contributed by atoms with Gasteiger partial charge in [0.2, 0.25) is 5.88 Å². The van der Waals surface area contributed by atoms with Gasteiger partial charge in [0, 0.05) is 43.7 Å². The number of rotatable bonds is 12. The third kappa shape index (κ3) is 6.29. The van der Waals surface area contributed by atoms with E-state index in [9.17, 15) is 19.6 Å². The van der Waals surface area contributed by atoms with Gasteiger partial charge in [0.25, 0.3) is 0 Å². The van der Waals surface area contributed by atoms with Crippen LogP contribution in [0.2, 0.25) is 0 Å². The molecule has 1 saturated carbocycles. The van der Waals surface area contributed by atoms with Crippen LogP contribution in [0.1, 0.15) is 54.1 Å². The van der Waals surface area contributed by atoms with E-state index in [1.54, 1.807) is 24.4 Å². The summed E-state index contributed by atoms with van der Waals surface area (Å²) in [6.07, 6.45) is 10.2. The van der Waals surface area contributed by atoms with E-state index in [0.29, 0.717) is 42.6 Å². The van der Waals surface area contributed by atoms with Crippen LogP contribution in [-0.4, -0.2) is 54.7 Å². The molecule has 10 nitrogen and oxygen atoms in total. The van der Waals surface area contributed by atoms with Crippen molar-refractivity contribution in [3.63, 3.8) is 0 Å². The second kappa shape index (κ2) is 11.8. The molecule has 2 fully saturated rings. The Morgan fingerprint density at radius 3 is 2.80 bits per heavy atom. The van der Waals surface area contributed by atoms with Crippen LogP contribution in [0.15, 0.2) is 49.4 Å². The van der Waals surface area contributed by atoms with Gasteiger partial charge in [-0.15, -0.1) is 0 Å². The van der Waals surface area contributed by atoms with Crippen LogP contribution in [0.4, 0.5) is 4.39 Å². The van der Waals surface area contributed by atoms with E-state index in [2.05, 4.69) is 32.5 Å². The van der Waals surface area contributed by atoms with Gasteiger partial charge in [-0.25, -0.2) is 19.2 Å². The first-order valence-corrected chi connectivity index (χ1v) is 13.3. The maximum atomic E-state index is 14.9. The lowest BCUT2D eigenvalue weighted by Crippen LogP contribution is -2.38. The van der Waals surface area contributed by atoms with Gasteiger partial charge >= 0.3 is 5.97 Å². The number of fused-ring (bicyclic) bond motifs is 1. The van der Waals surface area contributed by atoms with Gasteiger partial charge in [0.05, 0.1) is 30.0 Å². The maximum Gasteiger partial charge on any atom is 0.335 e. The Morgan fingerprint density at radius 1 is 1.30 bits per heavy atom. The molecule has 2 aromatic heterocycles. The molecule has 0 amide bonds. The van der Waals surface area contributed by atoms with Crippen molar-refractivity contribution in [1.82, 2.24) is 24.4 Å². The molecule has 0 bridgehead atoms. The van der Waals surface area contributed by atoms with Crippen molar-refractivity contribution >= 4 is 17.0 Å². The van der Waals surface area contributed by atoms with Gasteiger partial charge in [-0.3, -0.25) is 4.90 Å². The molecule has 1 aromatic carbocycles. The normalized spacial score (nSPS) is 17.1. The van der Waals surface area contributed by atoms with E-state index in [4.69, 9.17) is 9.47 Å². The van der Waals surface area contributed by atoms with Crippen molar-refractivity contribution in [1.29, 1.82) is 5.26 Å². The molecule has 40 heavy (non-hydrogen) atoms. The standard InChI is InChI=1S/C29H31FN6O4/c1-2-3-14-39-18-24-32-11-4-26(33-24)40-21-5-12-35(13-6-21)17-25-34-27-22(30)15-20(28(37)38)16-23(27)36(25)19-29(7-8-29)9-10-31/h2-4,11,14-16,21H,1,5-9,12-13,17-19H2,(H,37,38)/b14-3+. The lowest BCUT2D eigenvalue weighted by molar-refractivity contribution is 0.0696. The minimum absolute atomic E-state index is 0.0136. The summed E-state index contributed by atoms with van der Waals surface area (Å²) >= 11 is 0. The van der Waals surface area contributed by atoms with Crippen molar-refractivity contribution in [2.45, 2.75) is 57.9 Å². The van der Waals surface area contributed by atoms with Crippen LogP contribution in [0.3, 0.4) is 0 Å². The van der Waals surface area contributed by atoms with Crippen LogP contribution in [0.25, 0.3) is 11.0 Å². The van der Waals surface area contributed by atoms with Crippen LogP contribution >= 0.6 is 0 Å². The molecule has 0 radical (unpaired) electrons.